The molecule has 0 unspecified atom stereocenters. The van der Waals surface area contributed by atoms with Crippen molar-refractivity contribution in [3.8, 4) is 0 Å². The molecule has 0 aliphatic carbocycles. The molecular weight excluding hydrogens is 310 g/mol. The lowest BCUT2D eigenvalue weighted by molar-refractivity contribution is 0.102. The first-order valence-corrected chi connectivity index (χ1v) is 7.19. The van der Waals surface area contributed by atoms with Crippen LogP contribution in [0.25, 0.3) is 11.0 Å². The maximum absolute atomic E-state index is 12.3. The highest BCUT2D eigenvalue weighted by atomic mass is 16.2. The molecule has 0 fully saturated rings. The minimum absolute atomic E-state index is 0.0917. The van der Waals surface area contributed by atoms with Gasteiger partial charge in [0, 0.05) is 20.3 Å². The van der Waals surface area contributed by atoms with Gasteiger partial charge < -0.3 is 5.32 Å². The average molecular weight is 325 g/mol. The number of aryl methyl sites for hydroxylation is 2. The van der Waals surface area contributed by atoms with E-state index in [1.54, 1.807) is 12.3 Å². The predicted molar refractivity (Wildman–Crippen MR) is 89.2 cm³/mol. The molecule has 0 saturated heterocycles. The molecule has 122 valence electrons. The van der Waals surface area contributed by atoms with Gasteiger partial charge in [0.1, 0.15) is 17.2 Å². The molecule has 8 heteroatoms. The SMILES string of the molecule is Cc1ccnc(NC(=O)c2ccc3c(=O)n(C)c(=O)n(C)c3n2)c1. The summed E-state index contributed by atoms with van der Waals surface area (Å²) >= 11 is 0. The van der Waals surface area contributed by atoms with E-state index in [0.717, 1.165) is 10.1 Å². The molecular formula is C16H15N5O3. The molecule has 1 N–H and O–H groups in total. The molecule has 0 aliphatic heterocycles. The summed E-state index contributed by atoms with van der Waals surface area (Å²) in [4.78, 5) is 44.7. The Morgan fingerprint density at radius 1 is 1.12 bits per heavy atom. The molecule has 0 spiro atoms. The zero-order valence-corrected chi connectivity index (χ0v) is 13.4. The number of fused-ring (bicyclic) bond motifs is 1. The van der Waals surface area contributed by atoms with Crippen molar-refractivity contribution in [1.29, 1.82) is 0 Å². The van der Waals surface area contributed by atoms with Crippen molar-refractivity contribution in [1.82, 2.24) is 19.1 Å². The van der Waals surface area contributed by atoms with Crippen LogP contribution in [0.1, 0.15) is 16.1 Å². The Kier molecular flexibility index (Phi) is 3.72. The van der Waals surface area contributed by atoms with E-state index >= 15 is 0 Å². The number of carbonyl (C=O) groups is 1. The first-order chi connectivity index (χ1) is 11.4. The van der Waals surface area contributed by atoms with Gasteiger partial charge in [-0.05, 0) is 36.8 Å². The van der Waals surface area contributed by atoms with Gasteiger partial charge in [0.2, 0.25) is 0 Å². The van der Waals surface area contributed by atoms with Crippen LogP contribution in [-0.4, -0.2) is 25.0 Å². The third-order valence-corrected chi connectivity index (χ3v) is 3.69. The number of anilines is 1. The number of amides is 1. The zero-order valence-electron chi connectivity index (χ0n) is 13.4. The number of nitrogens with one attached hydrogen (secondary N) is 1. The standard InChI is InChI=1S/C16H15N5O3/c1-9-6-7-17-12(8-9)19-14(22)11-5-4-10-13(18-11)20(2)16(24)21(3)15(10)23/h4-8H,1-3H3,(H,17,19,22). The molecule has 0 radical (unpaired) electrons. The molecule has 0 saturated carbocycles. The lowest BCUT2D eigenvalue weighted by Gasteiger charge is -2.08. The van der Waals surface area contributed by atoms with Crippen molar-refractivity contribution in [2.45, 2.75) is 6.92 Å². The largest absolute Gasteiger partial charge is 0.332 e. The van der Waals surface area contributed by atoms with Crippen LogP contribution in [0.3, 0.4) is 0 Å². The summed E-state index contributed by atoms with van der Waals surface area (Å²) in [7, 11) is 2.90. The number of nitrogens with zero attached hydrogens (tertiary/aromatic N) is 4. The van der Waals surface area contributed by atoms with Gasteiger partial charge in [-0.25, -0.2) is 14.8 Å². The molecule has 3 aromatic heterocycles. The Morgan fingerprint density at radius 2 is 1.88 bits per heavy atom. The van der Waals surface area contributed by atoms with Crippen LogP contribution < -0.4 is 16.6 Å². The summed E-state index contributed by atoms with van der Waals surface area (Å²) in [5.74, 6) is -0.0668. The first kappa shape index (κ1) is 15.6. The van der Waals surface area contributed by atoms with Crippen LogP contribution in [-0.2, 0) is 14.1 Å². The number of rotatable bonds is 2. The van der Waals surface area contributed by atoms with Gasteiger partial charge >= 0.3 is 5.69 Å². The topological polar surface area (TPSA) is 98.9 Å². The molecule has 3 heterocycles. The fraction of sp³-hybridized carbons (Fsp3) is 0.188. The van der Waals surface area contributed by atoms with Gasteiger partial charge in [0.25, 0.3) is 11.5 Å². The second-order valence-electron chi connectivity index (χ2n) is 5.45. The number of pyridine rings is 2. The fourth-order valence-corrected chi connectivity index (χ4v) is 2.37. The number of aromatic nitrogens is 4. The highest BCUT2D eigenvalue weighted by molar-refractivity contribution is 6.03. The van der Waals surface area contributed by atoms with E-state index in [0.29, 0.717) is 5.82 Å². The second-order valence-corrected chi connectivity index (χ2v) is 5.45. The van der Waals surface area contributed by atoms with Crippen molar-refractivity contribution in [3.63, 3.8) is 0 Å². The molecule has 0 aliphatic rings. The summed E-state index contributed by atoms with van der Waals surface area (Å²) in [6, 6.07) is 6.47. The third-order valence-electron chi connectivity index (χ3n) is 3.69. The quantitative estimate of drug-likeness (QED) is 0.743. The van der Waals surface area contributed by atoms with Crippen LogP contribution in [0, 0.1) is 6.92 Å². The molecule has 1 amide bonds. The van der Waals surface area contributed by atoms with Crippen LogP contribution in [0.2, 0.25) is 0 Å². The lowest BCUT2D eigenvalue weighted by Crippen LogP contribution is -2.37. The fourth-order valence-electron chi connectivity index (χ4n) is 2.37. The van der Waals surface area contributed by atoms with Gasteiger partial charge in [-0.1, -0.05) is 0 Å². The molecule has 0 aromatic carbocycles. The van der Waals surface area contributed by atoms with Gasteiger partial charge in [-0.3, -0.25) is 18.7 Å². The van der Waals surface area contributed by atoms with E-state index in [-0.39, 0.29) is 16.7 Å². The molecule has 3 aromatic rings. The van der Waals surface area contributed by atoms with Gasteiger partial charge in [-0.2, -0.15) is 0 Å². The average Bonchev–Trinajstić information content (AvgIpc) is 2.57. The molecule has 0 atom stereocenters. The minimum atomic E-state index is -0.502. The van der Waals surface area contributed by atoms with Crippen LogP contribution in [0.5, 0.6) is 0 Å². The second kappa shape index (κ2) is 5.73. The number of hydrogen-bond donors (Lipinski definition) is 1. The van der Waals surface area contributed by atoms with Gasteiger partial charge in [0.15, 0.2) is 0 Å². The maximum Gasteiger partial charge on any atom is 0.332 e. The van der Waals surface area contributed by atoms with Crippen LogP contribution >= 0.6 is 0 Å². The first-order valence-electron chi connectivity index (χ1n) is 7.19. The summed E-state index contributed by atoms with van der Waals surface area (Å²) in [5, 5.41) is 2.91. The number of carbonyl (C=O) groups excluding carboxylic acids is 1. The predicted octanol–water partition coefficient (Wildman–Crippen LogP) is 0.588. The van der Waals surface area contributed by atoms with Crippen molar-refractivity contribution in [3.05, 3.63) is 62.6 Å². The molecule has 8 nitrogen and oxygen atoms in total. The molecule has 0 bridgehead atoms. The van der Waals surface area contributed by atoms with Crippen LogP contribution in [0.4, 0.5) is 5.82 Å². The summed E-state index contributed by atoms with van der Waals surface area (Å²) in [6.07, 6.45) is 1.59. The molecule has 24 heavy (non-hydrogen) atoms. The normalized spacial score (nSPS) is 10.8. The van der Waals surface area contributed by atoms with E-state index in [1.807, 2.05) is 13.0 Å². The van der Waals surface area contributed by atoms with E-state index in [1.165, 1.54) is 30.8 Å². The van der Waals surface area contributed by atoms with E-state index < -0.39 is 17.2 Å². The Bertz CT molecular complexity index is 1080. The highest BCUT2D eigenvalue weighted by Gasteiger charge is 2.14. The Morgan fingerprint density at radius 3 is 2.58 bits per heavy atom. The molecule has 3 rings (SSSR count). The Labute approximate surface area is 136 Å². The van der Waals surface area contributed by atoms with E-state index in [2.05, 4.69) is 15.3 Å². The van der Waals surface area contributed by atoms with E-state index in [9.17, 15) is 14.4 Å². The zero-order chi connectivity index (χ0) is 17.4. The summed E-state index contributed by atoms with van der Waals surface area (Å²) in [6.45, 7) is 1.89. The Balaban J connectivity index is 2.06. The van der Waals surface area contributed by atoms with Gasteiger partial charge in [0.05, 0.1) is 5.39 Å². The van der Waals surface area contributed by atoms with Crippen LogP contribution in [0.15, 0.2) is 40.1 Å². The summed E-state index contributed by atoms with van der Waals surface area (Å²) < 4.78 is 2.23. The smallest absolute Gasteiger partial charge is 0.305 e. The minimum Gasteiger partial charge on any atom is -0.305 e. The van der Waals surface area contributed by atoms with E-state index in [4.69, 9.17) is 0 Å². The summed E-state index contributed by atoms with van der Waals surface area (Å²) in [5.41, 5.74) is 0.255. The van der Waals surface area contributed by atoms with Crippen molar-refractivity contribution in [2.24, 2.45) is 14.1 Å². The Hall–Kier alpha value is -3.29. The van der Waals surface area contributed by atoms with Crippen molar-refractivity contribution >= 4 is 22.8 Å². The number of hydrogen-bond acceptors (Lipinski definition) is 5. The lowest BCUT2D eigenvalue weighted by atomic mass is 10.2. The van der Waals surface area contributed by atoms with Crippen molar-refractivity contribution in [2.75, 3.05) is 5.32 Å². The maximum atomic E-state index is 12.3. The highest BCUT2D eigenvalue weighted by Crippen LogP contribution is 2.10. The van der Waals surface area contributed by atoms with Gasteiger partial charge in [-0.15, -0.1) is 0 Å². The monoisotopic (exact) mass is 325 g/mol. The van der Waals surface area contributed by atoms with Crippen molar-refractivity contribution < 1.29 is 4.79 Å². The third kappa shape index (κ3) is 2.58.